The molecule has 1 amide bonds. The van der Waals surface area contributed by atoms with Crippen molar-refractivity contribution in [1.29, 1.82) is 0 Å². The fraction of sp³-hybridized carbons (Fsp3) is 0.381. The van der Waals surface area contributed by atoms with E-state index in [-0.39, 0.29) is 29.0 Å². The van der Waals surface area contributed by atoms with Crippen molar-refractivity contribution in [1.82, 2.24) is 9.62 Å². The van der Waals surface area contributed by atoms with Crippen LogP contribution in [-0.2, 0) is 25.3 Å². The van der Waals surface area contributed by atoms with Crippen LogP contribution in [0.25, 0.3) is 0 Å². The average molecular weight is 469 g/mol. The molecule has 31 heavy (non-hydrogen) atoms. The minimum absolute atomic E-state index is 0.156. The molecule has 7 nitrogen and oxygen atoms in total. The number of rotatable bonds is 10. The number of nitrogens with zero attached hydrogens (tertiary/aromatic N) is 1. The van der Waals surface area contributed by atoms with Gasteiger partial charge in [0.25, 0.3) is 0 Å². The van der Waals surface area contributed by atoms with Gasteiger partial charge >= 0.3 is 0 Å². The van der Waals surface area contributed by atoms with Gasteiger partial charge in [-0.1, -0.05) is 18.2 Å². The zero-order valence-corrected chi connectivity index (χ0v) is 18.6. The van der Waals surface area contributed by atoms with E-state index in [0.717, 1.165) is 0 Å². The van der Waals surface area contributed by atoms with Crippen LogP contribution in [0.4, 0.5) is 4.39 Å². The number of hydrogen-bond acceptors (Lipinski definition) is 6. The Kier molecular flexibility index (Phi) is 8.70. The first-order chi connectivity index (χ1) is 15.0. The zero-order valence-electron chi connectivity index (χ0n) is 17.0. The third kappa shape index (κ3) is 6.93. The fourth-order valence-electron chi connectivity index (χ4n) is 2.92. The van der Waals surface area contributed by atoms with Crippen LogP contribution in [0.2, 0.25) is 0 Å². The molecule has 168 valence electrons. The summed E-state index contributed by atoms with van der Waals surface area (Å²) in [6, 6.07) is 12.7. The summed E-state index contributed by atoms with van der Waals surface area (Å²) in [5.74, 6) is 0.743. The number of sulfonamides is 1. The number of benzene rings is 2. The number of morpholine rings is 1. The molecule has 0 bridgehead atoms. The second kappa shape index (κ2) is 11.5. The third-order valence-corrected chi connectivity index (χ3v) is 7.47. The Labute approximate surface area is 186 Å². The highest BCUT2D eigenvalue weighted by Crippen LogP contribution is 2.20. The van der Waals surface area contributed by atoms with Crippen molar-refractivity contribution in [3.05, 3.63) is 59.9 Å². The molecule has 1 aliphatic heterocycles. The predicted octanol–water partition coefficient (Wildman–Crippen LogP) is 2.28. The topological polar surface area (TPSA) is 84.9 Å². The van der Waals surface area contributed by atoms with Crippen molar-refractivity contribution in [2.24, 2.45) is 0 Å². The highest BCUT2D eigenvalue weighted by atomic mass is 32.2. The summed E-state index contributed by atoms with van der Waals surface area (Å²) in [6.45, 7) is 2.05. The van der Waals surface area contributed by atoms with Crippen LogP contribution in [0, 0.1) is 5.82 Å². The van der Waals surface area contributed by atoms with Crippen LogP contribution < -0.4 is 10.1 Å². The number of hydrogen-bond donors (Lipinski definition) is 1. The predicted molar refractivity (Wildman–Crippen MR) is 117 cm³/mol. The Bertz CT molecular complexity index is 964. The fourth-order valence-corrected chi connectivity index (χ4v) is 5.17. The Morgan fingerprint density at radius 2 is 1.84 bits per heavy atom. The van der Waals surface area contributed by atoms with Crippen LogP contribution in [0.3, 0.4) is 0 Å². The Balaban J connectivity index is 1.36. The third-order valence-electron chi connectivity index (χ3n) is 4.57. The first-order valence-corrected chi connectivity index (χ1v) is 12.4. The number of carbonyl (C=O) groups is 1. The van der Waals surface area contributed by atoms with Crippen molar-refractivity contribution in [3.8, 4) is 5.75 Å². The lowest BCUT2D eigenvalue weighted by Gasteiger charge is -2.26. The van der Waals surface area contributed by atoms with Crippen molar-refractivity contribution < 1.29 is 27.1 Å². The van der Waals surface area contributed by atoms with Crippen LogP contribution >= 0.6 is 11.8 Å². The molecule has 10 heteroatoms. The van der Waals surface area contributed by atoms with Gasteiger partial charge in [0.2, 0.25) is 15.9 Å². The highest BCUT2D eigenvalue weighted by Gasteiger charge is 2.26. The summed E-state index contributed by atoms with van der Waals surface area (Å²) in [5.41, 5.74) is 0.572. The molecule has 0 unspecified atom stereocenters. The summed E-state index contributed by atoms with van der Waals surface area (Å²) in [5, 5.41) is 2.74. The molecule has 1 N–H and O–H groups in total. The summed E-state index contributed by atoms with van der Waals surface area (Å²) in [7, 11) is -3.53. The SMILES string of the molecule is O=C(CSCc1ccccc1F)NCCOc1ccc(S(=O)(=O)N2CCOCC2)cc1. The van der Waals surface area contributed by atoms with Crippen molar-refractivity contribution in [2.45, 2.75) is 10.6 Å². The lowest BCUT2D eigenvalue weighted by molar-refractivity contribution is -0.118. The molecule has 0 radical (unpaired) electrons. The van der Waals surface area contributed by atoms with E-state index in [1.807, 2.05) is 0 Å². The lowest BCUT2D eigenvalue weighted by Crippen LogP contribution is -2.40. The zero-order chi connectivity index (χ0) is 22.1. The molecule has 0 spiro atoms. The number of thioether (sulfide) groups is 1. The van der Waals surface area contributed by atoms with Gasteiger partial charge in [-0.25, -0.2) is 12.8 Å². The first-order valence-electron chi connectivity index (χ1n) is 9.85. The standard InChI is InChI=1S/C21H25FN2O5S2/c22-20-4-2-1-3-17(20)15-30-16-21(25)23-9-12-29-18-5-7-19(8-6-18)31(26,27)24-10-13-28-14-11-24/h1-8H,9-16H2,(H,23,25). The maximum Gasteiger partial charge on any atom is 0.243 e. The van der Waals surface area contributed by atoms with E-state index in [1.54, 1.807) is 30.3 Å². The van der Waals surface area contributed by atoms with Gasteiger partial charge in [0, 0.05) is 18.8 Å². The van der Waals surface area contributed by atoms with E-state index in [0.29, 0.717) is 49.9 Å². The highest BCUT2D eigenvalue weighted by molar-refractivity contribution is 7.99. The van der Waals surface area contributed by atoms with Crippen LogP contribution in [0.5, 0.6) is 5.75 Å². The van der Waals surface area contributed by atoms with E-state index in [4.69, 9.17) is 9.47 Å². The van der Waals surface area contributed by atoms with Crippen LogP contribution in [0.1, 0.15) is 5.56 Å². The Morgan fingerprint density at radius 3 is 2.55 bits per heavy atom. The minimum Gasteiger partial charge on any atom is -0.492 e. The molecule has 1 fully saturated rings. The number of halogens is 1. The average Bonchev–Trinajstić information content (AvgIpc) is 2.79. The van der Waals surface area contributed by atoms with E-state index in [1.165, 1.54) is 34.3 Å². The van der Waals surface area contributed by atoms with E-state index in [9.17, 15) is 17.6 Å². The molecule has 2 aromatic rings. The number of ether oxygens (including phenoxy) is 2. The second-order valence-corrected chi connectivity index (χ2v) is 9.69. The van der Waals surface area contributed by atoms with E-state index in [2.05, 4.69) is 5.32 Å². The summed E-state index contributed by atoms with van der Waals surface area (Å²) >= 11 is 1.34. The molecular formula is C21H25FN2O5S2. The molecule has 1 heterocycles. The normalized spacial score (nSPS) is 14.9. The van der Waals surface area contributed by atoms with Crippen LogP contribution in [0.15, 0.2) is 53.4 Å². The van der Waals surface area contributed by atoms with Crippen molar-refractivity contribution >= 4 is 27.7 Å². The quantitative estimate of drug-likeness (QED) is 0.539. The lowest BCUT2D eigenvalue weighted by atomic mass is 10.2. The van der Waals surface area contributed by atoms with Crippen molar-refractivity contribution in [2.75, 3.05) is 45.2 Å². The molecule has 2 aromatic carbocycles. The molecule has 0 saturated carbocycles. The Hall–Kier alpha value is -2.14. The van der Waals surface area contributed by atoms with Gasteiger partial charge in [0.1, 0.15) is 18.2 Å². The summed E-state index contributed by atoms with van der Waals surface area (Å²) in [4.78, 5) is 12.1. The van der Waals surface area contributed by atoms with Crippen molar-refractivity contribution in [3.63, 3.8) is 0 Å². The van der Waals surface area contributed by atoms with Crippen LogP contribution in [-0.4, -0.2) is 63.8 Å². The summed E-state index contributed by atoms with van der Waals surface area (Å²) in [6.07, 6.45) is 0. The Morgan fingerprint density at radius 1 is 1.13 bits per heavy atom. The first kappa shape index (κ1) is 23.5. The van der Waals surface area contributed by atoms with E-state index < -0.39 is 10.0 Å². The molecular weight excluding hydrogens is 443 g/mol. The smallest absolute Gasteiger partial charge is 0.243 e. The van der Waals surface area contributed by atoms with Gasteiger partial charge in [-0.3, -0.25) is 4.79 Å². The molecule has 0 atom stereocenters. The minimum atomic E-state index is -3.53. The molecule has 0 aromatic heterocycles. The number of amides is 1. The van der Waals surface area contributed by atoms with Gasteiger partial charge < -0.3 is 14.8 Å². The molecule has 3 rings (SSSR count). The van der Waals surface area contributed by atoms with Gasteiger partial charge in [-0.05, 0) is 35.9 Å². The van der Waals surface area contributed by atoms with Gasteiger partial charge in [-0.2, -0.15) is 4.31 Å². The maximum absolute atomic E-state index is 13.5. The van der Waals surface area contributed by atoms with Gasteiger partial charge in [0.05, 0.1) is 30.4 Å². The second-order valence-electron chi connectivity index (χ2n) is 6.77. The molecule has 1 saturated heterocycles. The number of nitrogens with one attached hydrogen (secondary N) is 1. The monoisotopic (exact) mass is 468 g/mol. The van der Waals surface area contributed by atoms with E-state index >= 15 is 0 Å². The molecule has 1 aliphatic rings. The maximum atomic E-state index is 13.5. The van der Waals surface area contributed by atoms with Gasteiger partial charge in [-0.15, -0.1) is 11.8 Å². The largest absolute Gasteiger partial charge is 0.492 e. The molecule has 0 aliphatic carbocycles. The number of carbonyl (C=O) groups excluding carboxylic acids is 1. The summed E-state index contributed by atoms with van der Waals surface area (Å²) < 4.78 is 50.9. The van der Waals surface area contributed by atoms with Gasteiger partial charge in [0.15, 0.2) is 0 Å².